The molecule has 0 aromatic heterocycles. The smallest absolute Gasteiger partial charge is 0.0821 e. The molecule has 1 fully saturated rings. The van der Waals surface area contributed by atoms with Crippen LogP contribution in [0.4, 0.5) is 0 Å². The summed E-state index contributed by atoms with van der Waals surface area (Å²) in [5.74, 6) is 0.428. The number of aliphatic hydroxyl groups is 1. The number of hydrogen-bond donors (Lipinski definition) is 1. The molecule has 1 aromatic carbocycles. The summed E-state index contributed by atoms with van der Waals surface area (Å²) >= 11 is 0. The Kier molecular flexibility index (Phi) is 5.81. The minimum atomic E-state index is -0.322. The molecule has 0 spiro atoms. The summed E-state index contributed by atoms with van der Waals surface area (Å²) in [5, 5.41) is 10.8. The lowest BCUT2D eigenvalue weighted by molar-refractivity contribution is 0.133. The minimum absolute atomic E-state index is 0.322. The maximum atomic E-state index is 10.8. The van der Waals surface area contributed by atoms with Gasteiger partial charge in [-0.2, -0.15) is 0 Å². The molecule has 0 radical (unpaired) electrons. The lowest BCUT2D eigenvalue weighted by Crippen LogP contribution is -2.25. The van der Waals surface area contributed by atoms with Gasteiger partial charge < -0.3 is 10.0 Å². The van der Waals surface area contributed by atoms with E-state index >= 15 is 0 Å². The standard InChI is InChI=1S/C18H27NO/c1-19(2)14-13-17(15-9-5-3-6-10-15)18(20)16-11-7-4-8-12-16/h3,5-6,9-10,13,16,18,20H,4,7-8,11-12,14H2,1-2H3/b17-13+. The van der Waals surface area contributed by atoms with Crippen LogP contribution in [0.1, 0.15) is 37.7 Å². The van der Waals surface area contributed by atoms with Gasteiger partial charge in [0.05, 0.1) is 6.10 Å². The molecule has 1 N–H and O–H groups in total. The topological polar surface area (TPSA) is 23.5 Å². The fraction of sp³-hybridized carbons (Fsp3) is 0.556. The van der Waals surface area contributed by atoms with E-state index < -0.39 is 0 Å². The van der Waals surface area contributed by atoms with E-state index in [1.807, 2.05) is 18.2 Å². The molecule has 1 atom stereocenters. The number of nitrogens with zero attached hydrogens (tertiary/aromatic N) is 1. The van der Waals surface area contributed by atoms with Crippen molar-refractivity contribution in [2.24, 2.45) is 5.92 Å². The lowest BCUT2D eigenvalue weighted by Gasteiger charge is -2.29. The second-order valence-corrected chi connectivity index (χ2v) is 6.13. The van der Waals surface area contributed by atoms with Gasteiger partial charge in [0.15, 0.2) is 0 Å². The molecule has 1 aliphatic carbocycles. The maximum Gasteiger partial charge on any atom is 0.0821 e. The molecule has 2 rings (SSSR count). The molecule has 0 heterocycles. The van der Waals surface area contributed by atoms with Gasteiger partial charge in [-0.25, -0.2) is 0 Å². The summed E-state index contributed by atoms with van der Waals surface area (Å²) in [5.41, 5.74) is 2.26. The van der Waals surface area contributed by atoms with Crippen molar-refractivity contribution in [3.05, 3.63) is 42.0 Å². The van der Waals surface area contributed by atoms with Crippen LogP contribution in [0.15, 0.2) is 36.4 Å². The van der Waals surface area contributed by atoms with Crippen LogP contribution in [0.2, 0.25) is 0 Å². The van der Waals surface area contributed by atoms with Gasteiger partial charge in [0.1, 0.15) is 0 Å². The summed E-state index contributed by atoms with van der Waals surface area (Å²) in [4.78, 5) is 2.14. The largest absolute Gasteiger partial charge is 0.388 e. The van der Waals surface area contributed by atoms with Gasteiger partial charge in [-0.1, -0.05) is 55.7 Å². The summed E-state index contributed by atoms with van der Waals surface area (Å²) in [6.45, 7) is 0.869. The highest BCUT2D eigenvalue weighted by Crippen LogP contribution is 2.32. The molecule has 110 valence electrons. The van der Waals surface area contributed by atoms with Crippen LogP contribution in [0.3, 0.4) is 0 Å². The van der Waals surface area contributed by atoms with Crippen molar-refractivity contribution in [2.45, 2.75) is 38.2 Å². The van der Waals surface area contributed by atoms with Crippen LogP contribution in [-0.2, 0) is 0 Å². The predicted octanol–water partition coefficient (Wildman–Crippen LogP) is 3.57. The predicted molar refractivity (Wildman–Crippen MR) is 85.6 cm³/mol. The monoisotopic (exact) mass is 273 g/mol. The first-order valence-corrected chi connectivity index (χ1v) is 7.76. The Morgan fingerprint density at radius 3 is 2.45 bits per heavy atom. The van der Waals surface area contributed by atoms with Gasteiger partial charge in [0, 0.05) is 6.54 Å². The van der Waals surface area contributed by atoms with E-state index in [-0.39, 0.29) is 6.10 Å². The third-order valence-corrected chi connectivity index (χ3v) is 4.20. The van der Waals surface area contributed by atoms with E-state index in [1.54, 1.807) is 0 Å². The van der Waals surface area contributed by atoms with E-state index in [1.165, 1.54) is 19.3 Å². The normalized spacial score (nSPS) is 19.3. The molecule has 1 unspecified atom stereocenters. The second kappa shape index (κ2) is 7.61. The number of hydrogen-bond acceptors (Lipinski definition) is 2. The Morgan fingerprint density at radius 2 is 1.85 bits per heavy atom. The minimum Gasteiger partial charge on any atom is -0.388 e. The molecule has 20 heavy (non-hydrogen) atoms. The quantitative estimate of drug-likeness (QED) is 0.886. The van der Waals surface area contributed by atoms with Gasteiger partial charge in [-0.3, -0.25) is 0 Å². The highest BCUT2D eigenvalue weighted by Gasteiger charge is 2.25. The lowest BCUT2D eigenvalue weighted by atomic mass is 9.81. The zero-order chi connectivity index (χ0) is 14.4. The number of rotatable bonds is 5. The Labute approximate surface area is 123 Å². The molecule has 1 aromatic rings. The molecule has 2 heteroatoms. The van der Waals surface area contributed by atoms with Crippen LogP contribution in [0.25, 0.3) is 5.57 Å². The zero-order valence-electron chi connectivity index (χ0n) is 12.8. The first kappa shape index (κ1) is 15.3. The average Bonchev–Trinajstić information content (AvgIpc) is 2.49. The Balaban J connectivity index is 2.19. The summed E-state index contributed by atoms with van der Waals surface area (Å²) in [6, 6.07) is 10.3. The van der Waals surface area contributed by atoms with Crippen LogP contribution < -0.4 is 0 Å². The van der Waals surface area contributed by atoms with Crippen molar-refractivity contribution in [3.63, 3.8) is 0 Å². The average molecular weight is 273 g/mol. The van der Waals surface area contributed by atoms with Crippen LogP contribution in [-0.4, -0.2) is 36.8 Å². The molecule has 1 aliphatic rings. The van der Waals surface area contributed by atoms with Crippen molar-refractivity contribution >= 4 is 5.57 Å². The van der Waals surface area contributed by atoms with E-state index in [4.69, 9.17) is 0 Å². The first-order chi connectivity index (χ1) is 9.68. The highest BCUT2D eigenvalue weighted by molar-refractivity contribution is 5.69. The van der Waals surface area contributed by atoms with Crippen molar-refractivity contribution in [1.29, 1.82) is 0 Å². The number of likely N-dealkylation sites (N-methyl/N-ethyl adjacent to an activating group) is 1. The summed E-state index contributed by atoms with van der Waals surface area (Å²) in [7, 11) is 4.12. The number of aliphatic hydroxyl groups excluding tert-OH is 1. The molecular weight excluding hydrogens is 246 g/mol. The SMILES string of the molecule is CN(C)C/C=C(\c1ccccc1)C(O)C1CCCCC1. The van der Waals surface area contributed by atoms with Crippen LogP contribution in [0, 0.1) is 5.92 Å². The highest BCUT2D eigenvalue weighted by atomic mass is 16.3. The molecule has 2 nitrogen and oxygen atoms in total. The van der Waals surface area contributed by atoms with Gasteiger partial charge in [-0.05, 0) is 44.0 Å². The number of benzene rings is 1. The van der Waals surface area contributed by atoms with Crippen LogP contribution in [0.5, 0.6) is 0 Å². The second-order valence-electron chi connectivity index (χ2n) is 6.13. The molecule has 0 amide bonds. The van der Waals surface area contributed by atoms with Crippen LogP contribution >= 0.6 is 0 Å². The first-order valence-electron chi connectivity index (χ1n) is 7.76. The Bertz CT molecular complexity index is 418. The van der Waals surface area contributed by atoms with Gasteiger partial charge in [0.25, 0.3) is 0 Å². The zero-order valence-corrected chi connectivity index (χ0v) is 12.8. The van der Waals surface area contributed by atoms with Crippen molar-refractivity contribution in [2.75, 3.05) is 20.6 Å². The van der Waals surface area contributed by atoms with E-state index in [2.05, 4.69) is 37.2 Å². The van der Waals surface area contributed by atoms with Crippen molar-refractivity contribution < 1.29 is 5.11 Å². The fourth-order valence-corrected chi connectivity index (χ4v) is 3.02. The van der Waals surface area contributed by atoms with Gasteiger partial charge >= 0.3 is 0 Å². The fourth-order valence-electron chi connectivity index (χ4n) is 3.02. The van der Waals surface area contributed by atoms with E-state index in [0.717, 1.165) is 30.5 Å². The third-order valence-electron chi connectivity index (χ3n) is 4.20. The Morgan fingerprint density at radius 1 is 1.20 bits per heavy atom. The molecule has 0 bridgehead atoms. The van der Waals surface area contributed by atoms with E-state index in [9.17, 15) is 5.11 Å². The summed E-state index contributed by atoms with van der Waals surface area (Å²) in [6.07, 6.45) is 8.03. The van der Waals surface area contributed by atoms with Crippen molar-refractivity contribution in [1.82, 2.24) is 4.90 Å². The maximum absolute atomic E-state index is 10.8. The molecular formula is C18H27NO. The van der Waals surface area contributed by atoms with Crippen molar-refractivity contribution in [3.8, 4) is 0 Å². The molecule has 1 saturated carbocycles. The molecule has 0 aliphatic heterocycles. The third kappa shape index (κ3) is 4.19. The molecule has 0 saturated heterocycles. The van der Waals surface area contributed by atoms with Gasteiger partial charge in [-0.15, -0.1) is 0 Å². The van der Waals surface area contributed by atoms with Gasteiger partial charge in [0.2, 0.25) is 0 Å². The Hall–Kier alpha value is -1.12. The van der Waals surface area contributed by atoms with E-state index in [0.29, 0.717) is 5.92 Å². The summed E-state index contributed by atoms with van der Waals surface area (Å²) < 4.78 is 0.